The zero-order chi connectivity index (χ0) is 23.1. The van der Waals surface area contributed by atoms with E-state index in [0.717, 1.165) is 27.6 Å². The number of carbonyl (C=O) groups excluding carboxylic acids is 1. The average Bonchev–Trinajstić information content (AvgIpc) is 2.77. The summed E-state index contributed by atoms with van der Waals surface area (Å²) in [5, 5.41) is 4.97. The van der Waals surface area contributed by atoms with Crippen LogP contribution in [0, 0.1) is 0 Å². The summed E-state index contributed by atoms with van der Waals surface area (Å²) in [6, 6.07) is 18.5. The number of nitrogens with zero attached hydrogens (tertiary/aromatic N) is 1. The van der Waals surface area contributed by atoms with Crippen molar-refractivity contribution in [3.05, 3.63) is 77.4 Å². The molecule has 3 aromatic carbocycles. The number of methoxy groups -OCH3 is 1. The molecule has 8 heteroatoms. The van der Waals surface area contributed by atoms with Gasteiger partial charge >= 0.3 is 12.2 Å². The van der Waals surface area contributed by atoms with Crippen LogP contribution in [0.25, 0.3) is 10.8 Å². The van der Waals surface area contributed by atoms with E-state index in [4.69, 9.17) is 4.74 Å². The topological polar surface area (TPSA) is 50.8 Å². The highest BCUT2D eigenvalue weighted by Gasteiger charge is 2.27. The minimum absolute atomic E-state index is 0.118. The monoisotopic (exact) mass is 446 g/mol. The lowest BCUT2D eigenvalue weighted by molar-refractivity contribution is -0.176. The smallest absolute Gasteiger partial charge is 0.411 e. The largest absolute Gasteiger partial charge is 0.497 e. The molecule has 0 saturated carbocycles. The van der Waals surface area contributed by atoms with E-state index in [0.29, 0.717) is 18.7 Å². The van der Waals surface area contributed by atoms with Gasteiger partial charge in [-0.1, -0.05) is 42.5 Å². The van der Waals surface area contributed by atoms with Gasteiger partial charge < -0.3 is 19.7 Å². The number of fused-ring (bicyclic) bond motifs is 1. The van der Waals surface area contributed by atoms with Crippen molar-refractivity contribution in [1.29, 1.82) is 0 Å². The molecule has 0 radical (unpaired) electrons. The number of alkyl halides is 3. The van der Waals surface area contributed by atoms with E-state index in [1.165, 1.54) is 0 Å². The lowest BCUT2D eigenvalue weighted by atomic mass is 10.1. The van der Waals surface area contributed by atoms with Crippen molar-refractivity contribution in [2.45, 2.75) is 25.9 Å². The number of amides is 2. The Kier molecular flexibility index (Phi) is 7.58. The van der Waals surface area contributed by atoms with E-state index in [9.17, 15) is 18.0 Å². The van der Waals surface area contributed by atoms with E-state index in [1.54, 1.807) is 43.3 Å². The van der Waals surface area contributed by atoms with Crippen LogP contribution < -0.4 is 10.1 Å². The van der Waals surface area contributed by atoms with Crippen molar-refractivity contribution in [2.75, 3.05) is 20.8 Å². The summed E-state index contributed by atoms with van der Waals surface area (Å²) < 4.78 is 46.3. The Bertz CT molecular complexity index is 1050. The Labute approximate surface area is 184 Å². The maximum atomic E-state index is 12.4. The second-order valence-electron chi connectivity index (χ2n) is 7.49. The molecule has 0 bridgehead atoms. The molecule has 0 aliphatic heterocycles. The predicted molar refractivity (Wildman–Crippen MR) is 116 cm³/mol. The maximum absolute atomic E-state index is 12.4. The molecule has 0 fully saturated rings. The van der Waals surface area contributed by atoms with Gasteiger partial charge in [0, 0.05) is 20.1 Å². The van der Waals surface area contributed by atoms with Gasteiger partial charge in [-0.15, -0.1) is 0 Å². The molecule has 0 aromatic heterocycles. The first-order valence-electron chi connectivity index (χ1n) is 10.0. The van der Waals surface area contributed by atoms with E-state index in [1.807, 2.05) is 36.4 Å². The van der Waals surface area contributed by atoms with E-state index in [-0.39, 0.29) is 12.6 Å². The van der Waals surface area contributed by atoms with Crippen LogP contribution in [0.5, 0.6) is 5.75 Å². The number of hydrogen-bond donors (Lipinski definition) is 1. The highest BCUT2D eigenvalue weighted by Crippen LogP contribution is 2.22. The molecule has 0 saturated heterocycles. The number of urea groups is 1. The molecule has 0 aliphatic rings. The van der Waals surface area contributed by atoms with Crippen LogP contribution in [-0.2, 0) is 24.4 Å². The fourth-order valence-corrected chi connectivity index (χ4v) is 3.19. The molecule has 0 atom stereocenters. The number of nitrogens with one attached hydrogen (secondary N) is 1. The summed E-state index contributed by atoms with van der Waals surface area (Å²) in [4.78, 5) is 14.0. The Morgan fingerprint density at radius 1 is 0.938 bits per heavy atom. The maximum Gasteiger partial charge on any atom is 0.411 e. The van der Waals surface area contributed by atoms with Crippen LogP contribution in [0.1, 0.15) is 16.7 Å². The first-order chi connectivity index (χ1) is 15.2. The minimum atomic E-state index is -4.34. The molecule has 3 rings (SSSR count). The quantitative estimate of drug-likeness (QED) is 0.513. The number of benzene rings is 3. The Balaban J connectivity index is 1.48. The van der Waals surface area contributed by atoms with Crippen molar-refractivity contribution in [1.82, 2.24) is 10.2 Å². The third-order valence-corrected chi connectivity index (χ3v) is 4.88. The van der Waals surface area contributed by atoms with Crippen LogP contribution in [0.15, 0.2) is 60.7 Å². The molecule has 32 heavy (non-hydrogen) atoms. The van der Waals surface area contributed by atoms with Gasteiger partial charge in [-0.25, -0.2) is 4.79 Å². The van der Waals surface area contributed by atoms with Crippen LogP contribution in [0.2, 0.25) is 0 Å². The van der Waals surface area contributed by atoms with E-state index < -0.39 is 12.8 Å². The Hall–Kier alpha value is -3.26. The number of carbonyl (C=O) groups is 1. The summed E-state index contributed by atoms with van der Waals surface area (Å²) in [6.45, 7) is -0.635. The summed E-state index contributed by atoms with van der Waals surface area (Å²) in [5.74, 6) is 0.795. The first-order valence-corrected chi connectivity index (χ1v) is 10.0. The van der Waals surface area contributed by atoms with Gasteiger partial charge in [-0.05, 0) is 45.7 Å². The van der Waals surface area contributed by atoms with Crippen molar-refractivity contribution in [3.8, 4) is 5.75 Å². The third kappa shape index (κ3) is 6.88. The molecule has 1 N–H and O–H groups in total. The molecular formula is C24H25F3N2O3. The SMILES string of the molecule is COc1ccc2cc(CN(C)C(=O)NCc3ccc(COCC(F)(F)F)cc3)ccc2c1. The number of halogens is 3. The standard InChI is InChI=1S/C24H25F3N2O3/c1-29(14-19-7-8-21-12-22(31-2)10-9-20(21)11-19)23(30)28-13-17-3-5-18(6-4-17)15-32-16-24(25,26)27/h3-12H,13-16H2,1-2H3,(H,28,30). The second kappa shape index (κ2) is 10.4. The molecule has 0 aliphatic carbocycles. The number of hydrogen-bond acceptors (Lipinski definition) is 3. The van der Waals surface area contributed by atoms with Crippen molar-refractivity contribution in [2.24, 2.45) is 0 Å². The first kappa shape index (κ1) is 23.4. The van der Waals surface area contributed by atoms with Gasteiger partial charge in [-0.2, -0.15) is 13.2 Å². The molecular weight excluding hydrogens is 421 g/mol. The summed E-state index contributed by atoms with van der Waals surface area (Å²) in [5.41, 5.74) is 2.48. The Morgan fingerprint density at radius 3 is 2.25 bits per heavy atom. The Morgan fingerprint density at radius 2 is 1.56 bits per heavy atom. The van der Waals surface area contributed by atoms with Crippen LogP contribution >= 0.6 is 0 Å². The lowest BCUT2D eigenvalue weighted by Crippen LogP contribution is -2.36. The third-order valence-electron chi connectivity index (χ3n) is 4.88. The number of rotatable bonds is 8. The fourth-order valence-electron chi connectivity index (χ4n) is 3.19. The molecule has 0 unspecified atom stereocenters. The predicted octanol–water partition coefficient (Wildman–Crippen LogP) is 5.27. The molecule has 0 heterocycles. The minimum Gasteiger partial charge on any atom is -0.497 e. The van der Waals surface area contributed by atoms with Gasteiger partial charge in [0.15, 0.2) is 0 Å². The van der Waals surface area contributed by atoms with Gasteiger partial charge in [0.1, 0.15) is 12.4 Å². The molecule has 0 spiro atoms. The summed E-state index contributed by atoms with van der Waals surface area (Å²) >= 11 is 0. The molecule has 170 valence electrons. The zero-order valence-electron chi connectivity index (χ0n) is 17.9. The fraction of sp³-hybridized carbons (Fsp3) is 0.292. The zero-order valence-corrected chi connectivity index (χ0v) is 17.9. The molecule has 2 amide bonds. The highest BCUT2D eigenvalue weighted by atomic mass is 19.4. The normalized spacial score (nSPS) is 11.4. The van der Waals surface area contributed by atoms with Gasteiger partial charge in [0.2, 0.25) is 0 Å². The molecule has 5 nitrogen and oxygen atoms in total. The van der Waals surface area contributed by atoms with E-state index >= 15 is 0 Å². The van der Waals surface area contributed by atoms with Crippen LogP contribution in [-0.4, -0.2) is 37.9 Å². The lowest BCUT2D eigenvalue weighted by Gasteiger charge is -2.18. The van der Waals surface area contributed by atoms with Crippen LogP contribution in [0.4, 0.5) is 18.0 Å². The number of ether oxygens (including phenoxy) is 2. The van der Waals surface area contributed by atoms with Crippen molar-refractivity contribution >= 4 is 16.8 Å². The highest BCUT2D eigenvalue weighted by molar-refractivity contribution is 5.84. The summed E-state index contributed by atoms with van der Waals surface area (Å²) in [6.07, 6.45) is -4.34. The van der Waals surface area contributed by atoms with Gasteiger partial charge in [0.25, 0.3) is 0 Å². The van der Waals surface area contributed by atoms with Crippen molar-refractivity contribution < 1.29 is 27.4 Å². The summed E-state index contributed by atoms with van der Waals surface area (Å²) in [7, 11) is 3.35. The van der Waals surface area contributed by atoms with Gasteiger partial charge in [-0.3, -0.25) is 0 Å². The van der Waals surface area contributed by atoms with Crippen LogP contribution in [0.3, 0.4) is 0 Å². The van der Waals surface area contributed by atoms with Crippen molar-refractivity contribution in [3.63, 3.8) is 0 Å². The molecule has 3 aromatic rings. The van der Waals surface area contributed by atoms with E-state index in [2.05, 4.69) is 10.1 Å². The average molecular weight is 446 g/mol. The van der Waals surface area contributed by atoms with Gasteiger partial charge in [0.05, 0.1) is 13.7 Å². The second-order valence-corrected chi connectivity index (χ2v) is 7.49.